The zero-order valence-corrected chi connectivity index (χ0v) is 11.8. The molecule has 2 aromatic carbocycles. The lowest BCUT2D eigenvalue weighted by atomic mass is 9.72. The molecule has 0 saturated heterocycles. The molecule has 1 atom stereocenters. The SMILES string of the molecule is CCC(C(N)=O)(c1ccccc1)c1cccc(OC)c1. The van der Waals surface area contributed by atoms with Gasteiger partial charge in [0, 0.05) is 0 Å². The van der Waals surface area contributed by atoms with Crippen molar-refractivity contribution in [1.82, 2.24) is 0 Å². The van der Waals surface area contributed by atoms with Gasteiger partial charge in [-0.05, 0) is 29.7 Å². The van der Waals surface area contributed by atoms with Crippen LogP contribution in [0.2, 0.25) is 0 Å². The van der Waals surface area contributed by atoms with Crippen LogP contribution >= 0.6 is 0 Å². The molecule has 20 heavy (non-hydrogen) atoms. The predicted molar refractivity (Wildman–Crippen MR) is 79.7 cm³/mol. The number of primary amides is 1. The molecule has 1 amide bonds. The third kappa shape index (κ3) is 2.27. The third-order valence-corrected chi connectivity index (χ3v) is 3.78. The second-order valence-corrected chi connectivity index (χ2v) is 4.72. The first kappa shape index (κ1) is 14.1. The molecule has 104 valence electrons. The molecule has 0 fully saturated rings. The van der Waals surface area contributed by atoms with Crippen molar-refractivity contribution < 1.29 is 9.53 Å². The average Bonchev–Trinajstić information content (AvgIpc) is 2.49. The second-order valence-electron chi connectivity index (χ2n) is 4.72. The van der Waals surface area contributed by atoms with E-state index in [1.807, 2.05) is 61.5 Å². The lowest BCUT2D eigenvalue weighted by Crippen LogP contribution is -2.41. The normalized spacial score (nSPS) is 13.5. The largest absolute Gasteiger partial charge is 0.497 e. The summed E-state index contributed by atoms with van der Waals surface area (Å²) in [4.78, 5) is 12.2. The van der Waals surface area contributed by atoms with Gasteiger partial charge in [-0.15, -0.1) is 0 Å². The summed E-state index contributed by atoms with van der Waals surface area (Å²) in [5.41, 5.74) is 6.70. The number of amides is 1. The highest BCUT2D eigenvalue weighted by Gasteiger charge is 2.38. The van der Waals surface area contributed by atoms with Gasteiger partial charge in [-0.3, -0.25) is 4.79 Å². The molecule has 0 bridgehead atoms. The molecule has 3 heteroatoms. The number of ether oxygens (including phenoxy) is 1. The highest BCUT2D eigenvalue weighted by molar-refractivity contribution is 5.90. The minimum absolute atomic E-state index is 0.348. The number of hydrogen-bond donors (Lipinski definition) is 1. The molecule has 2 N–H and O–H groups in total. The van der Waals surface area contributed by atoms with Crippen LogP contribution in [0.15, 0.2) is 54.6 Å². The Balaban J connectivity index is 2.66. The van der Waals surface area contributed by atoms with Crippen molar-refractivity contribution >= 4 is 5.91 Å². The summed E-state index contributed by atoms with van der Waals surface area (Å²) in [6.45, 7) is 1.97. The van der Waals surface area contributed by atoms with Crippen molar-refractivity contribution in [2.45, 2.75) is 18.8 Å². The van der Waals surface area contributed by atoms with Crippen molar-refractivity contribution in [2.75, 3.05) is 7.11 Å². The predicted octanol–water partition coefficient (Wildman–Crippen LogP) is 2.88. The van der Waals surface area contributed by atoms with Crippen LogP contribution in [0.1, 0.15) is 24.5 Å². The maximum Gasteiger partial charge on any atom is 0.232 e. The Bertz CT molecular complexity index is 595. The van der Waals surface area contributed by atoms with E-state index < -0.39 is 5.41 Å². The zero-order valence-electron chi connectivity index (χ0n) is 11.8. The smallest absolute Gasteiger partial charge is 0.232 e. The van der Waals surface area contributed by atoms with Crippen LogP contribution in [0.3, 0.4) is 0 Å². The van der Waals surface area contributed by atoms with E-state index in [1.54, 1.807) is 7.11 Å². The molecule has 0 aliphatic carbocycles. The van der Waals surface area contributed by atoms with E-state index in [-0.39, 0.29) is 5.91 Å². The molecule has 0 heterocycles. The number of methoxy groups -OCH3 is 1. The van der Waals surface area contributed by atoms with Crippen molar-refractivity contribution in [1.29, 1.82) is 0 Å². The van der Waals surface area contributed by atoms with Gasteiger partial charge in [-0.25, -0.2) is 0 Å². The standard InChI is InChI=1S/C17H19NO2/c1-3-17(16(18)19,13-8-5-4-6-9-13)14-10-7-11-15(12-14)20-2/h4-12H,3H2,1-2H3,(H2,18,19). The monoisotopic (exact) mass is 269 g/mol. The quantitative estimate of drug-likeness (QED) is 0.907. The summed E-state index contributed by atoms with van der Waals surface area (Å²) in [6.07, 6.45) is 0.597. The van der Waals surface area contributed by atoms with Gasteiger partial charge in [0.2, 0.25) is 5.91 Å². The van der Waals surface area contributed by atoms with Crippen LogP contribution in [0.5, 0.6) is 5.75 Å². The second kappa shape index (κ2) is 5.78. The summed E-state index contributed by atoms with van der Waals surface area (Å²) < 4.78 is 5.26. The van der Waals surface area contributed by atoms with Gasteiger partial charge in [-0.1, -0.05) is 49.4 Å². The zero-order chi connectivity index (χ0) is 14.6. The Morgan fingerprint density at radius 1 is 1.10 bits per heavy atom. The average molecular weight is 269 g/mol. The van der Waals surface area contributed by atoms with E-state index in [2.05, 4.69) is 0 Å². The molecule has 0 radical (unpaired) electrons. The molecule has 0 aliphatic rings. The molecule has 1 unspecified atom stereocenters. The lowest BCUT2D eigenvalue weighted by molar-refractivity contribution is -0.122. The van der Waals surface area contributed by atoms with Gasteiger partial charge in [-0.2, -0.15) is 0 Å². The first-order valence-electron chi connectivity index (χ1n) is 6.65. The van der Waals surface area contributed by atoms with Crippen LogP contribution in [0.25, 0.3) is 0 Å². The van der Waals surface area contributed by atoms with Gasteiger partial charge in [0.25, 0.3) is 0 Å². The molecule has 0 aliphatic heterocycles. The summed E-state index contributed by atoms with van der Waals surface area (Å²) in [5.74, 6) is 0.372. The van der Waals surface area contributed by atoms with Crippen molar-refractivity contribution in [3.8, 4) is 5.75 Å². The van der Waals surface area contributed by atoms with Crippen LogP contribution in [0, 0.1) is 0 Å². The van der Waals surface area contributed by atoms with E-state index >= 15 is 0 Å². The molecular weight excluding hydrogens is 250 g/mol. The van der Waals surface area contributed by atoms with Crippen LogP contribution in [0.4, 0.5) is 0 Å². The maximum absolute atomic E-state index is 12.2. The van der Waals surface area contributed by atoms with Gasteiger partial charge in [0.1, 0.15) is 5.75 Å². The van der Waals surface area contributed by atoms with Gasteiger partial charge < -0.3 is 10.5 Å². The van der Waals surface area contributed by atoms with Crippen molar-refractivity contribution in [3.05, 3.63) is 65.7 Å². The Morgan fingerprint density at radius 3 is 2.30 bits per heavy atom. The number of carbonyl (C=O) groups is 1. The van der Waals surface area contributed by atoms with Crippen molar-refractivity contribution in [3.63, 3.8) is 0 Å². The van der Waals surface area contributed by atoms with Gasteiger partial charge in [0.05, 0.1) is 12.5 Å². The Hall–Kier alpha value is -2.29. The molecular formula is C17H19NO2. The van der Waals surface area contributed by atoms with E-state index in [1.165, 1.54) is 0 Å². The number of hydrogen-bond acceptors (Lipinski definition) is 2. The highest BCUT2D eigenvalue weighted by Crippen LogP contribution is 2.36. The molecule has 3 nitrogen and oxygen atoms in total. The summed E-state index contributed by atoms with van der Waals surface area (Å²) >= 11 is 0. The third-order valence-electron chi connectivity index (χ3n) is 3.78. The molecule has 0 spiro atoms. The van der Waals surface area contributed by atoms with Crippen LogP contribution in [-0.2, 0) is 10.2 Å². The van der Waals surface area contributed by atoms with Crippen LogP contribution < -0.4 is 10.5 Å². The van der Waals surface area contributed by atoms with E-state index in [0.717, 1.165) is 16.9 Å². The van der Waals surface area contributed by atoms with Crippen molar-refractivity contribution in [2.24, 2.45) is 5.73 Å². The number of carbonyl (C=O) groups excluding carboxylic acids is 1. The topological polar surface area (TPSA) is 52.3 Å². The first-order valence-corrected chi connectivity index (χ1v) is 6.65. The first-order chi connectivity index (χ1) is 9.65. The molecule has 0 saturated carbocycles. The van der Waals surface area contributed by atoms with Gasteiger partial charge in [0.15, 0.2) is 0 Å². The summed E-state index contributed by atoms with van der Waals surface area (Å²) in [5, 5.41) is 0. The molecule has 0 aromatic heterocycles. The fraction of sp³-hybridized carbons (Fsp3) is 0.235. The maximum atomic E-state index is 12.2. The van der Waals surface area contributed by atoms with Crippen LogP contribution in [-0.4, -0.2) is 13.0 Å². The highest BCUT2D eigenvalue weighted by atomic mass is 16.5. The summed E-state index contributed by atoms with van der Waals surface area (Å²) in [7, 11) is 1.61. The fourth-order valence-corrected chi connectivity index (χ4v) is 2.64. The number of benzene rings is 2. The van der Waals surface area contributed by atoms with E-state index in [9.17, 15) is 4.79 Å². The molecule has 2 rings (SSSR count). The van der Waals surface area contributed by atoms with E-state index in [0.29, 0.717) is 6.42 Å². The summed E-state index contributed by atoms with van der Waals surface area (Å²) in [6, 6.07) is 17.2. The fourth-order valence-electron chi connectivity index (χ4n) is 2.64. The Kier molecular flexibility index (Phi) is 4.08. The Morgan fingerprint density at radius 2 is 1.75 bits per heavy atom. The Labute approximate surface area is 119 Å². The number of rotatable bonds is 5. The lowest BCUT2D eigenvalue weighted by Gasteiger charge is -2.31. The van der Waals surface area contributed by atoms with E-state index in [4.69, 9.17) is 10.5 Å². The minimum atomic E-state index is -0.824. The minimum Gasteiger partial charge on any atom is -0.497 e. The van der Waals surface area contributed by atoms with Gasteiger partial charge >= 0.3 is 0 Å². The molecule has 2 aromatic rings. The number of nitrogens with two attached hydrogens (primary N) is 1.